The predicted octanol–water partition coefficient (Wildman–Crippen LogP) is 3.36. The molecule has 2 N–H and O–H groups in total. The molecule has 2 fully saturated rings. The highest BCUT2D eigenvalue weighted by molar-refractivity contribution is 5.94. The molecule has 4 heterocycles. The molecular formula is C26H27N5O4. The van der Waals surface area contributed by atoms with E-state index in [1.165, 1.54) is 4.40 Å². The van der Waals surface area contributed by atoms with E-state index in [0.717, 1.165) is 37.2 Å². The first kappa shape index (κ1) is 22.9. The Kier molecular flexibility index (Phi) is 5.69. The summed E-state index contributed by atoms with van der Waals surface area (Å²) in [6.45, 7) is 6.73. The second kappa shape index (κ2) is 8.71. The van der Waals surface area contributed by atoms with Crippen LogP contribution in [-0.2, 0) is 4.74 Å². The number of piperidine rings is 1. The van der Waals surface area contributed by atoms with Gasteiger partial charge in [-0.3, -0.25) is 9.20 Å². The quantitative estimate of drug-likeness (QED) is 0.579. The normalized spacial score (nSPS) is 17.6. The molecule has 35 heavy (non-hydrogen) atoms. The third-order valence-corrected chi connectivity index (χ3v) is 7.12. The highest BCUT2D eigenvalue weighted by Gasteiger charge is 2.42. The number of rotatable bonds is 5. The van der Waals surface area contributed by atoms with Gasteiger partial charge in [0, 0.05) is 36.0 Å². The van der Waals surface area contributed by atoms with Gasteiger partial charge in [-0.2, -0.15) is 5.26 Å². The number of nitriles is 1. The van der Waals surface area contributed by atoms with Crippen molar-refractivity contribution in [3.63, 3.8) is 0 Å². The standard InChI is InChI=1S/C26H27N5O4/c1-16-11-19(17(2)28-21-6-4-3-5-18(21)25(33)34)23-29-22(20(12-27)24(32)31(23)13-16)30-9-7-26(8-10-30)14-35-15-26/h3-6,11,13,17,28H,7-10,14-15H2,1-2H3,(H,33,34)/t17-/m1/s1. The summed E-state index contributed by atoms with van der Waals surface area (Å²) < 4.78 is 6.85. The average Bonchev–Trinajstić information content (AvgIpc) is 2.83. The van der Waals surface area contributed by atoms with Crippen LogP contribution in [-0.4, -0.2) is 46.8 Å². The van der Waals surface area contributed by atoms with Crippen LogP contribution in [0, 0.1) is 23.7 Å². The summed E-state index contributed by atoms with van der Waals surface area (Å²) in [5.74, 6) is -0.611. The van der Waals surface area contributed by atoms with E-state index in [0.29, 0.717) is 30.2 Å². The zero-order valence-corrected chi connectivity index (χ0v) is 19.7. The number of aryl methyl sites for hydroxylation is 1. The molecule has 0 bridgehead atoms. The van der Waals surface area contributed by atoms with E-state index >= 15 is 0 Å². The van der Waals surface area contributed by atoms with Gasteiger partial charge in [0.2, 0.25) is 0 Å². The summed E-state index contributed by atoms with van der Waals surface area (Å²) >= 11 is 0. The number of para-hydroxylation sites is 1. The SMILES string of the molecule is Cc1cc([C@@H](C)Nc2ccccc2C(=O)O)c2nc(N3CCC4(CC3)COC4)c(C#N)c(=O)n2c1. The molecular weight excluding hydrogens is 446 g/mol. The molecule has 1 atom stereocenters. The Morgan fingerprint density at radius 3 is 2.63 bits per heavy atom. The number of anilines is 2. The van der Waals surface area contributed by atoms with Gasteiger partial charge in [0.05, 0.1) is 24.8 Å². The number of carboxylic acid groups (broad SMARTS) is 1. The molecule has 0 unspecified atom stereocenters. The lowest BCUT2D eigenvalue weighted by Gasteiger charge is -2.47. The first-order valence-electron chi connectivity index (χ1n) is 11.7. The van der Waals surface area contributed by atoms with Crippen LogP contribution in [0.25, 0.3) is 5.65 Å². The Morgan fingerprint density at radius 1 is 1.29 bits per heavy atom. The van der Waals surface area contributed by atoms with Crippen LogP contribution in [0.2, 0.25) is 0 Å². The molecule has 9 heteroatoms. The van der Waals surface area contributed by atoms with Crippen molar-refractivity contribution in [3.05, 3.63) is 69.1 Å². The van der Waals surface area contributed by atoms with Gasteiger partial charge in [-0.1, -0.05) is 12.1 Å². The van der Waals surface area contributed by atoms with Gasteiger partial charge in [0.15, 0.2) is 11.4 Å². The summed E-state index contributed by atoms with van der Waals surface area (Å²) in [5, 5.41) is 22.7. The van der Waals surface area contributed by atoms with Crippen molar-refractivity contribution in [2.75, 3.05) is 36.5 Å². The van der Waals surface area contributed by atoms with E-state index in [1.54, 1.807) is 30.5 Å². The van der Waals surface area contributed by atoms with Gasteiger partial charge in [0.25, 0.3) is 5.56 Å². The minimum Gasteiger partial charge on any atom is -0.478 e. The molecule has 2 saturated heterocycles. The van der Waals surface area contributed by atoms with Crippen molar-refractivity contribution >= 4 is 23.1 Å². The van der Waals surface area contributed by atoms with E-state index in [9.17, 15) is 20.0 Å². The summed E-state index contributed by atoms with van der Waals surface area (Å²) in [5.41, 5.74) is 2.53. The maximum atomic E-state index is 13.4. The number of hydrogen-bond donors (Lipinski definition) is 2. The second-order valence-corrected chi connectivity index (χ2v) is 9.59. The van der Waals surface area contributed by atoms with Crippen molar-refractivity contribution in [1.82, 2.24) is 9.38 Å². The average molecular weight is 474 g/mol. The molecule has 3 aromatic rings. The van der Waals surface area contributed by atoms with Crippen molar-refractivity contribution in [2.24, 2.45) is 5.41 Å². The van der Waals surface area contributed by atoms with E-state index < -0.39 is 11.5 Å². The molecule has 0 saturated carbocycles. The summed E-state index contributed by atoms with van der Waals surface area (Å²) in [6.07, 6.45) is 3.56. The fourth-order valence-corrected chi connectivity index (χ4v) is 5.02. The number of carbonyl (C=O) groups is 1. The van der Waals surface area contributed by atoms with E-state index in [1.807, 2.05) is 24.8 Å². The number of hydrogen-bond acceptors (Lipinski definition) is 7. The summed E-state index contributed by atoms with van der Waals surface area (Å²) in [6, 6.07) is 10.4. The predicted molar refractivity (Wildman–Crippen MR) is 131 cm³/mol. The van der Waals surface area contributed by atoms with Crippen LogP contribution in [0.15, 0.2) is 41.3 Å². The molecule has 1 aromatic carbocycles. The lowest BCUT2D eigenvalue weighted by Crippen LogP contribution is -2.51. The number of benzene rings is 1. The first-order valence-corrected chi connectivity index (χ1v) is 11.7. The monoisotopic (exact) mass is 473 g/mol. The molecule has 2 aliphatic rings. The van der Waals surface area contributed by atoms with E-state index in [2.05, 4.69) is 11.4 Å². The number of fused-ring (bicyclic) bond motifs is 1. The van der Waals surface area contributed by atoms with Gasteiger partial charge < -0.3 is 20.1 Å². The topological polar surface area (TPSA) is 120 Å². The van der Waals surface area contributed by atoms with Crippen LogP contribution >= 0.6 is 0 Å². The number of nitrogens with zero attached hydrogens (tertiary/aromatic N) is 4. The number of carboxylic acids is 1. The Balaban J connectivity index is 1.58. The molecule has 2 aliphatic heterocycles. The third kappa shape index (κ3) is 4.00. The molecule has 2 aromatic heterocycles. The zero-order chi connectivity index (χ0) is 24.7. The first-order chi connectivity index (χ1) is 16.8. The summed E-state index contributed by atoms with van der Waals surface area (Å²) in [7, 11) is 0. The maximum Gasteiger partial charge on any atom is 0.337 e. The Bertz CT molecular complexity index is 1410. The largest absolute Gasteiger partial charge is 0.478 e. The molecule has 0 amide bonds. The Hall–Kier alpha value is -3.90. The van der Waals surface area contributed by atoms with Crippen LogP contribution in [0.5, 0.6) is 0 Å². The van der Waals surface area contributed by atoms with Crippen molar-refractivity contribution < 1.29 is 14.6 Å². The number of pyridine rings is 1. The number of ether oxygens (including phenoxy) is 1. The number of nitrogens with one attached hydrogen (secondary N) is 1. The molecule has 0 radical (unpaired) electrons. The van der Waals surface area contributed by atoms with Crippen LogP contribution in [0.4, 0.5) is 11.5 Å². The fraction of sp³-hybridized carbons (Fsp3) is 0.385. The molecule has 1 spiro atoms. The van der Waals surface area contributed by atoms with Gasteiger partial charge in [-0.15, -0.1) is 0 Å². The van der Waals surface area contributed by atoms with Gasteiger partial charge in [-0.05, 0) is 50.5 Å². The Morgan fingerprint density at radius 2 is 2.00 bits per heavy atom. The summed E-state index contributed by atoms with van der Waals surface area (Å²) in [4.78, 5) is 32.0. The van der Waals surface area contributed by atoms with E-state index in [-0.39, 0.29) is 22.6 Å². The lowest BCUT2D eigenvalue weighted by molar-refractivity contribution is -0.124. The minimum atomic E-state index is -1.02. The zero-order valence-electron chi connectivity index (χ0n) is 19.7. The number of aromatic nitrogens is 2. The van der Waals surface area contributed by atoms with Gasteiger partial charge in [-0.25, -0.2) is 9.78 Å². The molecule has 9 nitrogen and oxygen atoms in total. The molecule has 180 valence electrons. The second-order valence-electron chi connectivity index (χ2n) is 9.59. The fourth-order valence-electron chi connectivity index (χ4n) is 5.02. The maximum absolute atomic E-state index is 13.4. The van der Waals surface area contributed by atoms with Crippen LogP contribution in [0.3, 0.4) is 0 Å². The lowest BCUT2D eigenvalue weighted by atomic mass is 9.77. The van der Waals surface area contributed by atoms with Crippen molar-refractivity contribution in [2.45, 2.75) is 32.7 Å². The van der Waals surface area contributed by atoms with Crippen LogP contribution in [0.1, 0.15) is 52.9 Å². The van der Waals surface area contributed by atoms with Gasteiger partial charge >= 0.3 is 5.97 Å². The highest BCUT2D eigenvalue weighted by atomic mass is 16.5. The number of aromatic carboxylic acids is 1. The van der Waals surface area contributed by atoms with E-state index in [4.69, 9.17) is 9.72 Å². The van der Waals surface area contributed by atoms with Gasteiger partial charge in [0.1, 0.15) is 11.7 Å². The third-order valence-electron chi connectivity index (χ3n) is 7.12. The van der Waals surface area contributed by atoms with Crippen molar-refractivity contribution in [1.29, 1.82) is 5.26 Å². The highest BCUT2D eigenvalue weighted by Crippen LogP contribution is 2.39. The smallest absolute Gasteiger partial charge is 0.337 e. The molecule has 5 rings (SSSR count). The minimum absolute atomic E-state index is 0.0386. The molecule has 0 aliphatic carbocycles. The Labute approximate surface area is 202 Å². The van der Waals surface area contributed by atoms with Crippen molar-refractivity contribution in [3.8, 4) is 6.07 Å². The van der Waals surface area contributed by atoms with Crippen LogP contribution < -0.4 is 15.8 Å².